The van der Waals surface area contributed by atoms with Crippen molar-refractivity contribution in [3.05, 3.63) is 59.3 Å². The Bertz CT molecular complexity index is 944. The average Bonchev–Trinajstić information content (AvgIpc) is 3.02. The van der Waals surface area contributed by atoms with Crippen molar-refractivity contribution in [3.63, 3.8) is 0 Å². The molecule has 0 atom stereocenters. The minimum absolute atomic E-state index is 0.0253. The lowest BCUT2D eigenvalue weighted by atomic mass is 10.1. The summed E-state index contributed by atoms with van der Waals surface area (Å²) in [6.07, 6.45) is -3.70. The SMILES string of the molecule is COc1cc(OC)cc(C2=N/C(=C\c3ccccc3OC(F)(F)F)C(=O)O2)c1. The first kappa shape index (κ1) is 19.3. The Labute approximate surface area is 157 Å². The fourth-order valence-corrected chi connectivity index (χ4v) is 2.43. The van der Waals surface area contributed by atoms with Gasteiger partial charge >= 0.3 is 12.3 Å². The molecule has 0 saturated carbocycles. The summed E-state index contributed by atoms with van der Waals surface area (Å²) in [5, 5.41) is 0. The molecule has 3 rings (SSSR count). The van der Waals surface area contributed by atoms with Gasteiger partial charge < -0.3 is 18.9 Å². The molecule has 0 radical (unpaired) electrons. The summed E-state index contributed by atoms with van der Waals surface area (Å²) in [5.74, 6) is -0.382. The first-order chi connectivity index (χ1) is 13.3. The highest BCUT2D eigenvalue weighted by Gasteiger charge is 2.32. The maximum absolute atomic E-state index is 12.6. The van der Waals surface area contributed by atoms with Gasteiger partial charge in [-0.25, -0.2) is 9.79 Å². The second kappa shape index (κ2) is 7.63. The summed E-state index contributed by atoms with van der Waals surface area (Å²) >= 11 is 0. The molecule has 0 spiro atoms. The van der Waals surface area contributed by atoms with E-state index in [4.69, 9.17) is 14.2 Å². The van der Waals surface area contributed by atoms with Gasteiger partial charge in [0.25, 0.3) is 0 Å². The molecule has 1 heterocycles. The summed E-state index contributed by atoms with van der Waals surface area (Å²) in [6.45, 7) is 0. The highest BCUT2D eigenvalue weighted by molar-refractivity contribution is 6.13. The number of methoxy groups -OCH3 is 2. The van der Waals surface area contributed by atoms with Crippen molar-refractivity contribution in [1.82, 2.24) is 0 Å². The number of para-hydroxylation sites is 1. The van der Waals surface area contributed by atoms with Crippen molar-refractivity contribution < 1.29 is 36.9 Å². The van der Waals surface area contributed by atoms with Crippen molar-refractivity contribution in [1.29, 1.82) is 0 Å². The van der Waals surface area contributed by atoms with E-state index in [-0.39, 0.29) is 17.2 Å². The molecule has 0 N–H and O–H groups in total. The summed E-state index contributed by atoms with van der Waals surface area (Å²) in [5.41, 5.74) is 0.266. The molecule has 0 aromatic heterocycles. The number of hydrogen-bond donors (Lipinski definition) is 0. The standard InChI is InChI=1S/C19H14F3NO5/c1-25-13-7-12(8-14(10-13)26-2)17-23-15(18(24)27-17)9-11-5-3-4-6-16(11)28-19(20,21)22/h3-10H,1-2H3/b15-9-. The Morgan fingerprint density at radius 1 is 1.04 bits per heavy atom. The van der Waals surface area contributed by atoms with Crippen molar-refractivity contribution in [2.75, 3.05) is 14.2 Å². The van der Waals surface area contributed by atoms with Crippen LogP contribution >= 0.6 is 0 Å². The predicted octanol–water partition coefficient (Wildman–Crippen LogP) is 3.95. The maximum Gasteiger partial charge on any atom is 0.573 e. The van der Waals surface area contributed by atoms with Crippen LogP contribution in [0.5, 0.6) is 17.2 Å². The molecule has 1 aliphatic heterocycles. The van der Waals surface area contributed by atoms with Crippen LogP contribution in [0.1, 0.15) is 11.1 Å². The van der Waals surface area contributed by atoms with Crippen LogP contribution in [0.4, 0.5) is 13.2 Å². The molecular formula is C19H14F3NO5. The monoisotopic (exact) mass is 393 g/mol. The number of alkyl halides is 3. The van der Waals surface area contributed by atoms with E-state index in [2.05, 4.69) is 9.73 Å². The van der Waals surface area contributed by atoms with E-state index in [1.807, 2.05) is 0 Å². The highest BCUT2D eigenvalue weighted by Crippen LogP contribution is 2.30. The van der Waals surface area contributed by atoms with E-state index < -0.39 is 18.1 Å². The van der Waals surface area contributed by atoms with Crippen LogP contribution in [0.15, 0.2) is 53.2 Å². The Kier molecular flexibility index (Phi) is 5.25. The zero-order chi connectivity index (χ0) is 20.3. The quantitative estimate of drug-likeness (QED) is 0.569. The number of carbonyl (C=O) groups is 1. The van der Waals surface area contributed by atoms with Gasteiger partial charge in [0, 0.05) is 17.2 Å². The molecule has 0 amide bonds. The van der Waals surface area contributed by atoms with Gasteiger partial charge in [-0.1, -0.05) is 18.2 Å². The molecule has 0 bridgehead atoms. The number of ether oxygens (including phenoxy) is 4. The van der Waals surface area contributed by atoms with Gasteiger partial charge in [0.1, 0.15) is 17.2 Å². The predicted molar refractivity (Wildman–Crippen MR) is 93.3 cm³/mol. The summed E-state index contributed by atoms with van der Waals surface area (Å²) in [4.78, 5) is 16.2. The minimum atomic E-state index is -4.86. The molecule has 0 fully saturated rings. The Balaban J connectivity index is 1.97. The minimum Gasteiger partial charge on any atom is -0.497 e. The molecule has 1 aliphatic rings. The molecule has 6 nitrogen and oxygen atoms in total. The average molecular weight is 393 g/mol. The zero-order valence-corrected chi connectivity index (χ0v) is 14.7. The number of nitrogens with zero attached hydrogens (tertiary/aromatic N) is 1. The molecule has 0 saturated heterocycles. The van der Waals surface area contributed by atoms with Crippen LogP contribution in [-0.4, -0.2) is 32.4 Å². The third kappa shape index (κ3) is 4.43. The number of cyclic esters (lactones) is 1. The first-order valence-corrected chi connectivity index (χ1v) is 7.90. The number of halogens is 3. The second-order valence-corrected chi connectivity index (χ2v) is 5.52. The fourth-order valence-electron chi connectivity index (χ4n) is 2.43. The van der Waals surface area contributed by atoms with Crippen molar-refractivity contribution >= 4 is 17.9 Å². The van der Waals surface area contributed by atoms with Crippen LogP contribution in [0.3, 0.4) is 0 Å². The van der Waals surface area contributed by atoms with Gasteiger partial charge in [0.15, 0.2) is 5.70 Å². The van der Waals surface area contributed by atoms with E-state index in [9.17, 15) is 18.0 Å². The Hall–Kier alpha value is -3.49. The molecule has 28 heavy (non-hydrogen) atoms. The van der Waals surface area contributed by atoms with Gasteiger partial charge in [-0.05, 0) is 24.3 Å². The van der Waals surface area contributed by atoms with E-state index in [1.54, 1.807) is 18.2 Å². The number of hydrogen-bond acceptors (Lipinski definition) is 6. The summed E-state index contributed by atoms with van der Waals surface area (Å²) < 4.78 is 57.1. The van der Waals surface area contributed by atoms with E-state index in [0.29, 0.717) is 17.1 Å². The smallest absolute Gasteiger partial charge is 0.497 e. The van der Waals surface area contributed by atoms with Crippen LogP contribution in [-0.2, 0) is 9.53 Å². The van der Waals surface area contributed by atoms with E-state index in [1.165, 1.54) is 32.4 Å². The highest BCUT2D eigenvalue weighted by atomic mass is 19.4. The Morgan fingerprint density at radius 3 is 2.29 bits per heavy atom. The van der Waals surface area contributed by atoms with Crippen molar-refractivity contribution in [2.45, 2.75) is 6.36 Å². The van der Waals surface area contributed by atoms with Crippen LogP contribution in [0, 0.1) is 0 Å². The molecule has 146 valence electrons. The van der Waals surface area contributed by atoms with Crippen molar-refractivity contribution in [2.24, 2.45) is 4.99 Å². The molecule has 0 aliphatic carbocycles. The molecule has 2 aromatic carbocycles. The van der Waals surface area contributed by atoms with Gasteiger partial charge in [0.2, 0.25) is 5.90 Å². The third-order valence-corrected chi connectivity index (χ3v) is 3.66. The number of aliphatic imine (C=N–C) groups is 1. The largest absolute Gasteiger partial charge is 0.573 e. The lowest BCUT2D eigenvalue weighted by molar-refractivity contribution is -0.274. The van der Waals surface area contributed by atoms with Gasteiger partial charge in [-0.2, -0.15) is 0 Å². The van der Waals surface area contributed by atoms with Gasteiger partial charge in [0.05, 0.1) is 14.2 Å². The molecule has 0 unspecified atom stereocenters. The van der Waals surface area contributed by atoms with Crippen LogP contribution in [0.25, 0.3) is 6.08 Å². The normalized spacial score (nSPS) is 15.2. The number of benzene rings is 2. The van der Waals surface area contributed by atoms with Gasteiger partial charge in [-0.3, -0.25) is 0 Å². The molecule has 9 heteroatoms. The van der Waals surface area contributed by atoms with E-state index >= 15 is 0 Å². The Morgan fingerprint density at radius 2 is 1.68 bits per heavy atom. The molecular weight excluding hydrogens is 379 g/mol. The lowest BCUT2D eigenvalue weighted by Gasteiger charge is -2.10. The second-order valence-electron chi connectivity index (χ2n) is 5.52. The third-order valence-electron chi connectivity index (χ3n) is 3.66. The van der Waals surface area contributed by atoms with Crippen LogP contribution in [0.2, 0.25) is 0 Å². The topological polar surface area (TPSA) is 66.3 Å². The number of rotatable bonds is 5. The fraction of sp³-hybridized carbons (Fsp3) is 0.158. The summed E-state index contributed by atoms with van der Waals surface area (Å²) in [6, 6.07) is 10.2. The van der Waals surface area contributed by atoms with Gasteiger partial charge in [-0.15, -0.1) is 13.2 Å². The zero-order valence-electron chi connectivity index (χ0n) is 14.7. The maximum atomic E-state index is 12.6. The first-order valence-electron chi connectivity index (χ1n) is 7.90. The van der Waals surface area contributed by atoms with E-state index in [0.717, 1.165) is 12.1 Å². The van der Waals surface area contributed by atoms with Crippen molar-refractivity contribution in [3.8, 4) is 17.2 Å². The number of esters is 1. The lowest BCUT2D eigenvalue weighted by Crippen LogP contribution is -2.17. The summed E-state index contributed by atoms with van der Waals surface area (Å²) in [7, 11) is 2.92. The molecule has 2 aromatic rings. The van der Waals surface area contributed by atoms with Crippen LogP contribution < -0.4 is 14.2 Å². The number of carbonyl (C=O) groups excluding carboxylic acids is 1.